The van der Waals surface area contributed by atoms with E-state index in [1.807, 2.05) is 13.1 Å². The van der Waals surface area contributed by atoms with Crippen molar-refractivity contribution >= 4 is 17.3 Å². The van der Waals surface area contributed by atoms with Crippen LogP contribution in [0.5, 0.6) is 0 Å². The van der Waals surface area contributed by atoms with E-state index in [2.05, 4.69) is 15.3 Å². The van der Waals surface area contributed by atoms with E-state index in [0.29, 0.717) is 18.5 Å². The molecule has 0 atom stereocenters. The molecule has 0 aromatic carbocycles. The van der Waals surface area contributed by atoms with Gasteiger partial charge in [0.25, 0.3) is 0 Å². The van der Waals surface area contributed by atoms with E-state index >= 15 is 0 Å². The van der Waals surface area contributed by atoms with Crippen molar-refractivity contribution in [3.05, 3.63) is 16.1 Å². The first-order valence-corrected chi connectivity index (χ1v) is 6.53. The second kappa shape index (κ2) is 5.30. The van der Waals surface area contributed by atoms with Crippen molar-refractivity contribution in [1.82, 2.24) is 10.3 Å². The minimum atomic E-state index is 0.534. The zero-order valence-corrected chi connectivity index (χ0v) is 10.4. The molecule has 5 heteroatoms. The third-order valence-corrected chi connectivity index (χ3v) is 3.68. The Bertz CT molecular complexity index is 366. The molecule has 1 aromatic rings. The Labute approximate surface area is 100.0 Å². The van der Waals surface area contributed by atoms with Gasteiger partial charge in [-0.3, -0.25) is 0 Å². The minimum absolute atomic E-state index is 0.534. The van der Waals surface area contributed by atoms with Crippen LogP contribution in [0.1, 0.15) is 35.6 Å². The first-order chi connectivity index (χ1) is 7.74. The van der Waals surface area contributed by atoms with Gasteiger partial charge in [-0.25, -0.2) is 9.98 Å². The van der Waals surface area contributed by atoms with E-state index in [4.69, 9.17) is 5.73 Å². The summed E-state index contributed by atoms with van der Waals surface area (Å²) >= 11 is 1.67. The van der Waals surface area contributed by atoms with Gasteiger partial charge in [0.1, 0.15) is 0 Å². The zero-order valence-electron chi connectivity index (χ0n) is 9.57. The minimum Gasteiger partial charge on any atom is -0.370 e. The highest BCUT2D eigenvalue weighted by molar-refractivity contribution is 7.11. The number of hydrogen-bond donors (Lipinski definition) is 2. The van der Waals surface area contributed by atoms with E-state index in [1.54, 1.807) is 11.3 Å². The molecule has 0 aliphatic heterocycles. The second-order valence-corrected chi connectivity index (χ2v) is 5.49. The van der Waals surface area contributed by atoms with Crippen molar-refractivity contribution in [2.75, 3.05) is 0 Å². The Morgan fingerprint density at radius 3 is 3.00 bits per heavy atom. The van der Waals surface area contributed by atoms with Crippen molar-refractivity contribution in [3.8, 4) is 0 Å². The number of nitrogens with two attached hydrogens (primary N) is 1. The fraction of sp³-hybridized carbons (Fsp3) is 0.636. The summed E-state index contributed by atoms with van der Waals surface area (Å²) in [6, 6.07) is 0.534. The van der Waals surface area contributed by atoms with Crippen molar-refractivity contribution in [2.45, 2.75) is 45.2 Å². The van der Waals surface area contributed by atoms with Crippen molar-refractivity contribution < 1.29 is 0 Å². The quantitative estimate of drug-likeness (QED) is 0.623. The summed E-state index contributed by atoms with van der Waals surface area (Å²) in [5.41, 5.74) is 5.83. The van der Waals surface area contributed by atoms with E-state index in [-0.39, 0.29) is 0 Å². The Hall–Kier alpha value is -1.10. The molecule has 88 valence electrons. The van der Waals surface area contributed by atoms with Crippen LogP contribution in [0, 0.1) is 6.92 Å². The molecular weight excluding hydrogens is 220 g/mol. The van der Waals surface area contributed by atoms with Crippen molar-refractivity contribution in [1.29, 1.82) is 0 Å². The molecule has 0 saturated heterocycles. The van der Waals surface area contributed by atoms with Gasteiger partial charge < -0.3 is 11.1 Å². The molecule has 1 aliphatic rings. The maximum atomic E-state index is 5.83. The predicted octanol–water partition coefficient (Wildman–Crippen LogP) is 1.80. The molecule has 2 rings (SSSR count). The number of aryl methyl sites for hydroxylation is 1. The number of nitrogens with one attached hydrogen (secondary N) is 1. The van der Waals surface area contributed by atoms with E-state index < -0.39 is 0 Å². The van der Waals surface area contributed by atoms with Crippen molar-refractivity contribution in [3.63, 3.8) is 0 Å². The monoisotopic (exact) mass is 238 g/mol. The topological polar surface area (TPSA) is 63.3 Å². The highest BCUT2D eigenvalue weighted by Crippen LogP contribution is 2.17. The van der Waals surface area contributed by atoms with Gasteiger partial charge in [0.15, 0.2) is 5.96 Å². The molecule has 0 bridgehead atoms. The number of aliphatic imine (C=N–C) groups is 1. The Balaban J connectivity index is 1.81. The summed E-state index contributed by atoms with van der Waals surface area (Å²) < 4.78 is 0. The van der Waals surface area contributed by atoms with Crippen LogP contribution in [0.3, 0.4) is 0 Å². The molecule has 3 N–H and O–H groups in total. The van der Waals surface area contributed by atoms with Crippen LogP contribution in [-0.4, -0.2) is 17.0 Å². The predicted molar refractivity (Wildman–Crippen MR) is 67.6 cm³/mol. The average molecular weight is 238 g/mol. The van der Waals surface area contributed by atoms with Crippen LogP contribution in [0.4, 0.5) is 0 Å². The van der Waals surface area contributed by atoms with Crippen LogP contribution < -0.4 is 11.1 Å². The number of rotatable bonds is 3. The smallest absolute Gasteiger partial charge is 0.189 e. The van der Waals surface area contributed by atoms with Crippen LogP contribution in [0.2, 0.25) is 0 Å². The van der Waals surface area contributed by atoms with Crippen molar-refractivity contribution in [2.24, 2.45) is 10.7 Å². The van der Waals surface area contributed by atoms with Gasteiger partial charge in [0.05, 0.1) is 11.6 Å². The van der Waals surface area contributed by atoms with Gasteiger partial charge in [-0.2, -0.15) is 0 Å². The molecule has 0 amide bonds. The lowest BCUT2D eigenvalue weighted by Gasteiger charge is -2.11. The first-order valence-electron chi connectivity index (χ1n) is 5.72. The Kier molecular flexibility index (Phi) is 3.77. The van der Waals surface area contributed by atoms with Gasteiger partial charge in [0, 0.05) is 17.1 Å². The maximum Gasteiger partial charge on any atom is 0.189 e. The molecule has 0 unspecified atom stereocenters. The summed E-state index contributed by atoms with van der Waals surface area (Å²) in [4.78, 5) is 9.67. The molecule has 1 aromatic heterocycles. The highest BCUT2D eigenvalue weighted by atomic mass is 32.1. The lowest BCUT2D eigenvalue weighted by molar-refractivity contribution is 0.625. The number of guanidine groups is 1. The summed E-state index contributed by atoms with van der Waals surface area (Å²) in [5.74, 6) is 0.568. The SMILES string of the molecule is Cc1ncc(CN=C(N)NC2CCCC2)s1. The number of thiazole rings is 1. The van der Waals surface area contributed by atoms with E-state index in [0.717, 1.165) is 9.88 Å². The molecule has 0 radical (unpaired) electrons. The maximum absolute atomic E-state index is 5.83. The average Bonchev–Trinajstić information content (AvgIpc) is 2.87. The molecule has 1 aliphatic carbocycles. The van der Waals surface area contributed by atoms with E-state index in [9.17, 15) is 0 Å². The molecule has 0 spiro atoms. The fourth-order valence-electron chi connectivity index (χ4n) is 1.97. The summed E-state index contributed by atoms with van der Waals surface area (Å²) in [5, 5.41) is 4.34. The first kappa shape index (κ1) is 11.4. The Morgan fingerprint density at radius 2 is 2.38 bits per heavy atom. The fourth-order valence-corrected chi connectivity index (χ4v) is 2.69. The third-order valence-electron chi connectivity index (χ3n) is 2.78. The molecular formula is C11H18N4S. The standard InChI is InChI=1S/C11H18N4S/c1-8-13-6-10(16-8)7-14-11(12)15-9-4-2-3-5-9/h6,9H,2-5,7H2,1H3,(H3,12,14,15). The number of hydrogen-bond acceptors (Lipinski definition) is 3. The van der Waals surface area contributed by atoms with Crippen LogP contribution in [0.25, 0.3) is 0 Å². The molecule has 1 heterocycles. The van der Waals surface area contributed by atoms with Gasteiger partial charge in [-0.1, -0.05) is 12.8 Å². The summed E-state index contributed by atoms with van der Waals surface area (Å²) in [6.45, 7) is 2.63. The van der Waals surface area contributed by atoms with Crippen LogP contribution >= 0.6 is 11.3 Å². The largest absolute Gasteiger partial charge is 0.370 e. The molecule has 4 nitrogen and oxygen atoms in total. The van der Waals surface area contributed by atoms with Gasteiger partial charge >= 0.3 is 0 Å². The number of nitrogens with zero attached hydrogens (tertiary/aromatic N) is 2. The lowest BCUT2D eigenvalue weighted by atomic mass is 10.2. The molecule has 1 saturated carbocycles. The highest BCUT2D eigenvalue weighted by Gasteiger charge is 2.14. The normalized spacial score (nSPS) is 17.9. The zero-order chi connectivity index (χ0) is 11.4. The van der Waals surface area contributed by atoms with Gasteiger partial charge in [-0.05, 0) is 19.8 Å². The van der Waals surface area contributed by atoms with Gasteiger partial charge in [-0.15, -0.1) is 11.3 Å². The summed E-state index contributed by atoms with van der Waals surface area (Å²) in [7, 11) is 0. The van der Waals surface area contributed by atoms with Crippen LogP contribution in [0.15, 0.2) is 11.2 Å². The molecule has 16 heavy (non-hydrogen) atoms. The van der Waals surface area contributed by atoms with E-state index in [1.165, 1.54) is 25.7 Å². The van der Waals surface area contributed by atoms with Gasteiger partial charge in [0.2, 0.25) is 0 Å². The Morgan fingerprint density at radius 1 is 1.62 bits per heavy atom. The third kappa shape index (κ3) is 3.20. The summed E-state index contributed by atoms with van der Waals surface area (Å²) in [6.07, 6.45) is 6.91. The van der Waals surface area contributed by atoms with Crippen LogP contribution in [-0.2, 0) is 6.54 Å². The number of aromatic nitrogens is 1. The lowest BCUT2D eigenvalue weighted by Crippen LogP contribution is -2.38. The molecule has 1 fully saturated rings. The second-order valence-electron chi connectivity index (χ2n) is 4.17.